The molecular weight excluding hydrogens is 719 g/mol. The first-order chi connectivity index (χ1) is 24.6. The Balaban J connectivity index is 1.26. The largest absolute Gasteiger partial charge is 0.490 e. The van der Waals surface area contributed by atoms with Gasteiger partial charge in [0.1, 0.15) is 15.7 Å². The topological polar surface area (TPSA) is 118 Å². The summed E-state index contributed by atoms with van der Waals surface area (Å²) >= 11 is 6.42. The second-order valence-corrected chi connectivity index (χ2v) is 18.0. The molecule has 2 N–H and O–H groups in total. The highest BCUT2D eigenvalue weighted by Crippen LogP contribution is 2.49. The lowest BCUT2D eigenvalue weighted by atomic mass is 9.68. The van der Waals surface area contributed by atoms with Gasteiger partial charge in [-0.2, -0.15) is 13.2 Å². The summed E-state index contributed by atoms with van der Waals surface area (Å²) in [4.78, 5) is 29.3. The zero-order valence-corrected chi connectivity index (χ0v) is 30.9. The molecule has 2 fully saturated rings. The van der Waals surface area contributed by atoms with E-state index >= 15 is 0 Å². The van der Waals surface area contributed by atoms with E-state index in [9.17, 15) is 32.1 Å². The molecule has 1 unspecified atom stereocenters. The van der Waals surface area contributed by atoms with E-state index in [-0.39, 0.29) is 34.7 Å². The second kappa shape index (κ2) is 13.9. The number of benzene rings is 2. The van der Waals surface area contributed by atoms with Crippen LogP contribution in [0.1, 0.15) is 73.4 Å². The van der Waals surface area contributed by atoms with Crippen molar-refractivity contribution >= 4 is 39.0 Å². The summed E-state index contributed by atoms with van der Waals surface area (Å²) in [5.41, 5.74) is -0.0333. The Labute approximate surface area is 307 Å². The van der Waals surface area contributed by atoms with Crippen molar-refractivity contribution in [1.82, 2.24) is 4.72 Å². The summed E-state index contributed by atoms with van der Waals surface area (Å²) < 4.78 is 73.2. The normalized spacial score (nSPS) is 35.4. The van der Waals surface area contributed by atoms with Gasteiger partial charge in [-0.15, -0.1) is 4.36 Å². The molecule has 52 heavy (non-hydrogen) atoms. The molecule has 0 radical (unpaired) electrons. The van der Waals surface area contributed by atoms with E-state index < -0.39 is 52.3 Å². The van der Waals surface area contributed by atoms with Crippen molar-refractivity contribution in [2.75, 3.05) is 37.5 Å². The molecule has 282 valence electrons. The molecule has 2 aromatic carbocycles. The number of hydrogen-bond acceptors (Lipinski definition) is 7. The Hall–Kier alpha value is -3.13. The molecule has 14 heteroatoms. The third-order valence-corrected chi connectivity index (χ3v) is 14.1. The maximum Gasteiger partial charge on any atom is 0.417 e. The first kappa shape index (κ1) is 37.2. The first-order valence-corrected chi connectivity index (χ1v) is 20.1. The number of aryl methyl sites for hydroxylation is 1. The van der Waals surface area contributed by atoms with Crippen molar-refractivity contribution < 1.29 is 41.5 Å². The van der Waals surface area contributed by atoms with Crippen LogP contribution in [0.15, 0.2) is 52.9 Å². The van der Waals surface area contributed by atoms with Gasteiger partial charge in [0, 0.05) is 42.1 Å². The third-order valence-electron chi connectivity index (χ3n) is 11.8. The number of alkyl halides is 3. The van der Waals surface area contributed by atoms with Crippen molar-refractivity contribution in [2.45, 2.75) is 81.6 Å². The zero-order valence-electron chi connectivity index (χ0n) is 29.3. The highest BCUT2D eigenvalue weighted by molar-refractivity contribution is 7.92. The molecule has 7 rings (SSSR count). The lowest BCUT2D eigenvalue weighted by Gasteiger charge is -2.46. The Morgan fingerprint density at radius 1 is 1.19 bits per heavy atom. The number of ether oxygens (including phenoxy) is 2. The predicted octanol–water partition coefficient (Wildman–Crippen LogP) is 6.79. The van der Waals surface area contributed by atoms with Crippen LogP contribution in [0.4, 0.5) is 18.9 Å². The van der Waals surface area contributed by atoms with Gasteiger partial charge >= 0.3 is 6.18 Å². The highest BCUT2D eigenvalue weighted by atomic mass is 35.5. The van der Waals surface area contributed by atoms with Gasteiger partial charge in [-0.1, -0.05) is 36.7 Å². The average Bonchev–Trinajstić information content (AvgIpc) is 3.20. The summed E-state index contributed by atoms with van der Waals surface area (Å²) in [5, 5.41) is 10.6. The van der Waals surface area contributed by atoms with E-state index in [0.29, 0.717) is 48.5 Å². The van der Waals surface area contributed by atoms with Gasteiger partial charge in [-0.3, -0.25) is 14.3 Å². The van der Waals surface area contributed by atoms with Crippen LogP contribution in [0.25, 0.3) is 0 Å². The number of carbonyl (C=O) groups is 2. The van der Waals surface area contributed by atoms with E-state index in [2.05, 4.69) is 20.1 Å². The molecule has 9 nitrogen and oxygen atoms in total. The molecule has 2 aromatic rings. The van der Waals surface area contributed by atoms with Crippen LogP contribution in [0.3, 0.4) is 0 Å². The Bertz CT molecular complexity index is 1890. The SMILES string of the molecule is CO[C@H]1/C=C/C[C@H](C)CS(=O)(NC(=O)C2CC(O)(C(F)(F)F)C2)=NC(=O)c2ccc3c(c2)N(C[C@@H]2CC[C@H]21)C[C@@]1(CCCc2cc(Cl)ccc21)CO3. The van der Waals surface area contributed by atoms with E-state index in [0.717, 1.165) is 32.1 Å². The number of fused-ring (bicyclic) bond motifs is 4. The fourth-order valence-electron chi connectivity index (χ4n) is 8.78. The molecule has 5 aliphatic rings. The number of aliphatic hydroxyl groups is 1. The van der Waals surface area contributed by atoms with Gasteiger partial charge in [0.2, 0.25) is 5.91 Å². The van der Waals surface area contributed by atoms with Crippen molar-refractivity contribution in [1.29, 1.82) is 0 Å². The summed E-state index contributed by atoms with van der Waals surface area (Å²) in [6.07, 6.45) is 2.49. The number of nitrogens with zero attached hydrogens (tertiary/aromatic N) is 2. The Morgan fingerprint density at radius 2 is 1.98 bits per heavy atom. The molecule has 2 amide bonds. The fraction of sp³-hybridized carbons (Fsp3) is 0.579. The predicted molar refractivity (Wildman–Crippen MR) is 192 cm³/mol. The van der Waals surface area contributed by atoms with Crippen molar-refractivity contribution in [3.05, 3.63) is 70.3 Å². The summed E-state index contributed by atoms with van der Waals surface area (Å²) in [7, 11) is -2.10. The van der Waals surface area contributed by atoms with Crippen LogP contribution in [0, 0.1) is 23.7 Å². The monoisotopic (exact) mass is 763 g/mol. The van der Waals surface area contributed by atoms with Gasteiger partial charge in [-0.05, 0) is 111 Å². The quantitative estimate of drug-likeness (QED) is 0.331. The minimum absolute atomic E-state index is 0.149. The van der Waals surface area contributed by atoms with Crippen LogP contribution in [0.5, 0.6) is 5.75 Å². The smallest absolute Gasteiger partial charge is 0.417 e. The molecule has 6 atom stereocenters. The number of carbonyl (C=O) groups excluding carboxylic acids is 2. The number of rotatable bonds is 3. The molecule has 1 spiro atoms. The minimum Gasteiger partial charge on any atom is -0.490 e. The number of amides is 2. The van der Waals surface area contributed by atoms with Gasteiger partial charge < -0.3 is 19.5 Å². The second-order valence-electron chi connectivity index (χ2n) is 15.6. The molecule has 2 aliphatic heterocycles. The molecule has 2 bridgehead atoms. The summed E-state index contributed by atoms with van der Waals surface area (Å²) in [5.74, 6) is -2.33. The van der Waals surface area contributed by atoms with Gasteiger partial charge in [-0.25, -0.2) is 4.21 Å². The molecular formula is C38H45ClF3N3O6S. The van der Waals surface area contributed by atoms with E-state index in [1.165, 1.54) is 11.1 Å². The molecule has 0 saturated heterocycles. The summed E-state index contributed by atoms with van der Waals surface area (Å²) in [6, 6.07) is 11.1. The molecule has 2 saturated carbocycles. The number of anilines is 1. The zero-order chi connectivity index (χ0) is 37.1. The Morgan fingerprint density at radius 3 is 2.69 bits per heavy atom. The number of halogens is 4. The number of allylic oxidation sites excluding steroid dienone is 1. The molecule has 2 heterocycles. The average molecular weight is 764 g/mol. The number of hydrogen-bond donors (Lipinski definition) is 2. The van der Waals surface area contributed by atoms with Crippen LogP contribution < -0.4 is 14.4 Å². The van der Waals surface area contributed by atoms with Gasteiger partial charge in [0.05, 0.1) is 24.2 Å². The highest BCUT2D eigenvalue weighted by Gasteiger charge is 2.63. The van der Waals surface area contributed by atoms with E-state index in [4.69, 9.17) is 21.1 Å². The van der Waals surface area contributed by atoms with Crippen molar-refractivity contribution in [3.63, 3.8) is 0 Å². The number of nitrogens with one attached hydrogen (secondary N) is 1. The fourth-order valence-corrected chi connectivity index (χ4v) is 10.9. The lowest BCUT2D eigenvalue weighted by Crippen LogP contribution is -2.59. The maximum absolute atomic E-state index is 14.4. The van der Waals surface area contributed by atoms with Crippen molar-refractivity contribution in [3.8, 4) is 5.75 Å². The summed E-state index contributed by atoms with van der Waals surface area (Å²) in [6.45, 7) is 3.58. The molecule has 3 aliphatic carbocycles. The number of methoxy groups -OCH3 is 1. The van der Waals surface area contributed by atoms with E-state index in [1.807, 2.05) is 31.2 Å². The van der Waals surface area contributed by atoms with Crippen LogP contribution in [-0.4, -0.2) is 71.6 Å². The van der Waals surface area contributed by atoms with Crippen LogP contribution in [-0.2, 0) is 31.3 Å². The van der Waals surface area contributed by atoms with Crippen LogP contribution >= 0.6 is 11.6 Å². The Kier molecular flexibility index (Phi) is 9.97. The van der Waals surface area contributed by atoms with Crippen LogP contribution in [0.2, 0.25) is 5.02 Å². The molecule has 0 aromatic heterocycles. The minimum atomic E-state index is -4.90. The first-order valence-electron chi connectivity index (χ1n) is 18.0. The van der Waals surface area contributed by atoms with E-state index in [1.54, 1.807) is 25.3 Å². The van der Waals surface area contributed by atoms with Gasteiger partial charge in [0.25, 0.3) is 5.91 Å². The standard InChI is InChI=1S/C38H45ClF3N3O6S/c1-23-5-3-7-32(50-2)29-11-8-26(29)19-45-21-36(14-4-6-24-15-28(39)10-12-30(24)36)22-51-33-13-9-25(16-31(33)45)34(46)43-52(49,20-23)44-35(47)27-17-37(48,18-27)38(40,41)42/h3,7,9-10,12-13,15-16,23,26-27,29,32,48H,4-6,8,11,14,17-22H2,1-2H3,(H,43,44,46,47,49)/b7-3+/t23-,26-,27?,29+,32-,36-,37?,52?/m0/s1. The lowest BCUT2D eigenvalue weighted by molar-refractivity contribution is -0.295. The maximum atomic E-state index is 14.4. The van der Waals surface area contributed by atoms with Gasteiger partial charge in [0.15, 0.2) is 5.60 Å². The van der Waals surface area contributed by atoms with Crippen molar-refractivity contribution in [2.24, 2.45) is 28.0 Å². The third kappa shape index (κ3) is 7.10.